The third-order valence-electron chi connectivity index (χ3n) is 4.54. The molecule has 6 heteroatoms. The fourth-order valence-corrected chi connectivity index (χ4v) is 3.10. The number of hydrogen-bond donors (Lipinski definition) is 0. The van der Waals surface area contributed by atoms with Crippen LogP contribution in [0, 0.1) is 0 Å². The fraction of sp³-hybridized carbons (Fsp3) is 0.190. The molecule has 2 aromatic carbocycles. The van der Waals surface area contributed by atoms with Gasteiger partial charge in [0.25, 0.3) is 0 Å². The summed E-state index contributed by atoms with van der Waals surface area (Å²) in [5.41, 5.74) is 2.61. The maximum absolute atomic E-state index is 12.1. The molecule has 4 rings (SSSR count). The molecule has 2 aliphatic heterocycles. The summed E-state index contributed by atoms with van der Waals surface area (Å²) in [5, 5.41) is 0. The van der Waals surface area contributed by atoms with Gasteiger partial charge >= 0.3 is 5.97 Å². The van der Waals surface area contributed by atoms with E-state index in [4.69, 9.17) is 9.47 Å². The monoisotopic (exact) mass is 362 g/mol. The molecule has 6 nitrogen and oxygen atoms in total. The zero-order valence-electron chi connectivity index (χ0n) is 14.8. The highest BCUT2D eigenvalue weighted by atomic mass is 16.6. The minimum absolute atomic E-state index is 0.136. The molecule has 136 valence electrons. The van der Waals surface area contributed by atoms with Crippen molar-refractivity contribution >= 4 is 29.5 Å². The Morgan fingerprint density at radius 1 is 1.07 bits per heavy atom. The van der Waals surface area contributed by atoms with Crippen LogP contribution in [0.25, 0.3) is 6.08 Å². The number of esters is 1. The number of aliphatic imine (C=N–C) groups is 1. The zero-order chi connectivity index (χ0) is 18.8. The third kappa shape index (κ3) is 3.46. The van der Waals surface area contributed by atoms with Crippen molar-refractivity contribution in [2.24, 2.45) is 4.99 Å². The first-order valence-electron chi connectivity index (χ1n) is 8.71. The van der Waals surface area contributed by atoms with Crippen molar-refractivity contribution in [3.05, 3.63) is 65.4 Å². The van der Waals surface area contributed by atoms with E-state index in [-0.39, 0.29) is 17.5 Å². The van der Waals surface area contributed by atoms with Gasteiger partial charge in [-0.15, -0.1) is 0 Å². The molecule has 0 aliphatic carbocycles. The van der Waals surface area contributed by atoms with Crippen molar-refractivity contribution < 1.29 is 19.1 Å². The highest BCUT2D eigenvalue weighted by Crippen LogP contribution is 2.24. The lowest BCUT2D eigenvalue weighted by molar-refractivity contribution is -0.130. The normalized spacial score (nSPS) is 18.0. The molecular weight excluding hydrogens is 344 g/mol. The largest absolute Gasteiger partial charge is 0.497 e. The number of cyclic esters (lactones) is 1. The van der Waals surface area contributed by atoms with Gasteiger partial charge in [-0.05, 0) is 54.5 Å². The van der Waals surface area contributed by atoms with Crippen LogP contribution < -0.4 is 9.64 Å². The topological polar surface area (TPSA) is 68.2 Å². The van der Waals surface area contributed by atoms with Crippen molar-refractivity contribution in [1.82, 2.24) is 0 Å². The Morgan fingerprint density at radius 3 is 2.44 bits per heavy atom. The predicted octanol–water partition coefficient (Wildman–Crippen LogP) is 3.17. The average Bonchev–Trinajstić information content (AvgIpc) is 3.28. The molecule has 27 heavy (non-hydrogen) atoms. The SMILES string of the molecule is COc1ccc(/C=C2\N=C(c3ccc(N4CCCC4=O)cc3)OC2=O)cc1. The Balaban J connectivity index is 1.55. The molecule has 0 radical (unpaired) electrons. The molecule has 1 amide bonds. The van der Waals surface area contributed by atoms with Crippen molar-refractivity contribution in [3.63, 3.8) is 0 Å². The second-order valence-electron chi connectivity index (χ2n) is 6.31. The minimum Gasteiger partial charge on any atom is -0.497 e. The maximum Gasteiger partial charge on any atom is 0.363 e. The minimum atomic E-state index is -0.486. The molecule has 2 heterocycles. The third-order valence-corrected chi connectivity index (χ3v) is 4.54. The van der Waals surface area contributed by atoms with E-state index < -0.39 is 5.97 Å². The van der Waals surface area contributed by atoms with Gasteiger partial charge in [0.2, 0.25) is 11.8 Å². The molecule has 2 aliphatic rings. The summed E-state index contributed by atoms with van der Waals surface area (Å²) in [6, 6.07) is 14.6. The maximum atomic E-state index is 12.1. The number of hydrogen-bond acceptors (Lipinski definition) is 5. The number of carbonyl (C=O) groups is 2. The number of amides is 1. The Bertz CT molecular complexity index is 943. The van der Waals surface area contributed by atoms with Crippen LogP contribution in [0.5, 0.6) is 5.75 Å². The molecule has 0 bridgehead atoms. The number of benzene rings is 2. The number of ether oxygens (including phenoxy) is 2. The number of rotatable bonds is 4. The molecule has 0 spiro atoms. The summed E-state index contributed by atoms with van der Waals surface area (Å²) in [4.78, 5) is 30.0. The van der Waals surface area contributed by atoms with Crippen molar-refractivity contribution in [3.8, 4) is 5.75 Å². The lowest BCUT2D eigenvalue weighted by Gasteiger charge is -2.15. The van der Waals surface area contributed by atoms with Crippen molar-refractivity contribution in [1.29, 1.82) is 0 Å². The van der Waals surface area contributed by atoms with Gasteiger partial charge in [-0.2, -0.15) is 0 Å². The van der Waals surface area contributed by atoms with E-state index in [9.17, 15) is 9.59 Å². The first-order chi connectivity index (χ1) is 13.1. The summed E-state index contributed by atoms with van der Waals surface area (Å²) < 4.78 is 10.4. The van der Waals surface area contributed by atoms with Gasteiger partial charge < -0.3 is 14.4 Å². The van der Waals surface area contributed by atoms with E-state index in [0.29, 0.717) is 12.0 Å². The standard InChI is InChI=1S/C21H18N2O4/c1-26-17-10-4-14(5-11-17)13-18-21(25)27-20(22-18)15-6-8-16(9-7-15)23-12-2-3-19(23)24/h4-11,13H,2-3,12H2,1H3/b18-13-. The van der Waals surface area contributed by atoms with Crippen LogP contribution in [-0.2, 0) is 14.3 Å². The van der Waals surface area contributed by atoms with E-state index >= 15 is 0 Å². The highest BCUT2D eigenvalue weighted by Gasteiger charge is 2.25. The summed E-state index contributed by atoms with van der Waals surface area (Å²) >= 11 is 0. The molecule has 2 aromatic rings. The Hall–Kier alpha value is -3.41. The Kier molecular flexibility index (Phi) is 4.46. The number of carbonyl (C=O) groups excluding carboxylic acids is 2. The molecule has 0 saturated carbocycles. The van der Waals surface area contributed by atoms with Crippen LogP contribution >= 0.6 is 0 Å². The number of nitrogens with zero attached hydrogens (tertiary/aromatic N) is 2. The van der Waals surface area contributed by atoms with E-state index in [1.54, 1.807) is 18.1 Å². The number of anilines is 1. The van der Waals surface area contributed by atoms with Gasteiger partial charge in [0.05, 0.1) is 7.11 Å². The van der Waals surface area contributed by atoms with Gasteiger partial charge in [0.1, 0.15) is 5.75 Å². The second kappa shape index (κ2) is 7.07. The van der Waals surface area contributed by atoms with E-state index in [2.05, 4.69) is 4.99 Å². The lowest BCUT2D eigenvalue weighted by atomic mass is 10.2. The molecular formula is C21H18N2O4. The van der Waals surface area contributed by atoms with Gasteiger partial charge in [0.15, 0.2) is 5.70 Å². The molecule has 0 unspecified atom stereocenters. The first-order valence-corrected chi connectivity index (χ1v) is 8.71. The fourth-order valence-electron chi connectivity index (χ4n) is 3.10. The van der Waals surface area contributed by atoms with E-state index in [0.717, 1.165) is 30.0 Å². The number of methoxy groups -OCH3 is 1. The second-order valence-corrected chi connectivity index (χ2v) is 6.31. The van der Waals surface area contributed by atoms with Gasteiger partial charge in [-0.3, -0.25) is 4.79 Å². The van der Waals surface area contributed by atoms with Crippen LogP contribution in [0.15, 0.2) is 59.2 Å². The van der Waals surface area contributed by atoms with Crippen LogP contribution in [0.4, 0.5) is 5.69 Å². The van der Waals surface area contributed by atoms with Crippen LogP contribution in [-0.4, -0.2) is 31.4 Å². The first kappa shape index (κ1) is 17.0. The molecule has 0 N–H and O–H groups in total. The quantitative estimate of drug-likeness (QED) is 0.619. The Labute approximate surface area is 156 Å². The van der Waals surface area contributed by atoms with Gasteiger partial charge in [0, 0.05) is 24.2 Å². The summed E-state index contributed by atoms with van der Waals surface area (Å²) in [6.07, 6.45) is 3.14. The van der Waals surface area contributed by atoms with Gasteiger partial charge in [-0.1, -0.05) is 12.1 Å². The van der Waals surface area contributed by atoms with Gasteiger partial charge in [-0.25, -0.2) is 9.79 Å². The Morgan fingerprint density at radius 2 is 1.81 bits per heavy atom. The highest BCUT2D eigenvalue weighted by molar-refractivity contribution is 6.13. The molecule has 0 atom stereocenters. The van der Waals surface area contributed by atoms with E-state index in [1.165, 1.54) is 0 Å². The summed E-state index contributed by atoms with van der Waals surface area (Å²) in [7, 11) is 1.60. The van der Waals surface area contributed by atoms with Crippen molar-refractivity contribution in [2.45, 2.75) is 12.8 Å². The average molecular weight is 362 g/mol. The zero-order valence-corrected chi connectivity index (χ0v) is 14.8. The smallest absolute Gasteiger partial charge is 0.363 e. The molecule has 1 saturated heterocycles. The molecule has 0 aromatic heterocycles. The van der Waals surface area contributed by atoms with Crippen LogP contribution in [0.1, 0.15) is 24.0 Å². The van der Waals surface area contributed by atoms with Crippen molar-refractivity contribution in [2.75, 3.05) is 18.6 Å². The summed E-state index contributed by atoms with van der Waals surface area (Å²) in [5.74, 6) is 0.655. The summed E-state index contributed by atoms with van der Waals surface area (Å²) in [6.45, 7) is 0.739. The van der Waals surface area contributed by atoms with E-state index in [1.807, 2.05) is 48.5 Å². The van der Waals surface area contributed by atoms with Crippen LogP contribution in [0.2, 0.25) is 0 Å². The lowest BCUT2D eigenvalue weighted by Crippen LogP contribution is -2.23. The van der Waals surface area contributed by atoms with Crippen LogP contribution in [0.3, 0.4) is 0 Å². The predicted molar refractivity (Wildman–Crippen MR) is 102 cm³/mol. The molecule has 1 fully saturated rings.